The maximum Gasteiger partial charge on any atom is 0.139 e. The van der Waals surface area contributed by atoms with Gasteiger partial charge in [0.1, 0.15) is 17.2 Å². The van der Waals surface area contributed by atoms with E-state index in [9.17, 15) is 0 Å². The van der Waals surface area contributed by atoms with Crippen LogP contribution in [0.5, 0.6) is 0 Å². The van der Waals surface area contributed by atoms with E-state index >= 15 is 0 Å². The average molecular weight is 336 g/mol. The highest BCUT2D eigenvalue weighted by Gasteiger charge is 2.18. The van der Waals surface area contributed by atoms with E-state index in [0.29, 0.717) is 6.10 Å². The van der Waals surface area contributed by atoms with Crippen LogP contribution in [-0.2, 0) is 4.74 Å². The van der Waals surface area contributed by atoms with Crippen LogP contribution in [0.15, 0.2) is 48.7 Å². The second-order valence-corrected chi connectivity index (χ2v) is 6.70. The molecule has 5 nitrogen and oxygen atoms in total. The van der Waals surface area contributed by atoms with Gasteiger partial charge in [0.25, 0.3) is 0 Å². The van der Waals surface area contributed by atoms with Crippen LogP contribution in [0.4, 0.5) is 11.5 Å². The molecule has 3 heterocycles. The summed E-state index contributed by atoms with van der Waals surface area (Å²) >= 11 is 0. The zero-order valence-electron chi connectivity index (χ0n) is 14.8. The van der Waals surface area contributed by atoms with Crippen molar-refractivity contribution in [3.8, 4) is 11.3 Å². The van der Waals surface area contributed by atoms with Gasteiger partial charge in [-0.1, -0.05) is 18.2 Å². The number of imidazole rings is 1. The fraction of sp³-hybridized carbons (Fsp3) is 0.350. The molecule has 2 aromatic heterocycles. The van der Waals surface area contributed by atoms with Gasteiger partial charge in [0.2, 0.25) is 0 Å². The molecule has 1 N–H and O–H groups in total. The first-order valence-electron chi connectivity index (χ1n) is 8.83. The highest BCUT2D eigenvalue weighted by atomic mass is 16.5. The summed E-state index contributed by atoms with van der Waals surface area (Å²) in [5, 5.41) is 3.58. The minimum absolute atomic E-state index is 0.290. The average Bonchev–Trinajstić information content (AvgIpc) is 3.27. The fourth-order valence-corrected chi connectivity index (χ4v) is 3.30. The lowest BCUT2D eigenvalue weighted by molar-refractivity contribution is 0.120. The predicted molar refractivity (Wildman–Crippen MR) is 102 cm³/mol. The van der Waals surface area contributed by atoms with Gasteiger partial charge in [0.15, 0.2) is 0 Å². The Balaban J connectivity index is 1.70. The number of ether oxygens (including phenoxy) is 1. The van der Waals surface area contributed by atoms with Crippen LogP contribution < -0.4 is 10.2 Å². The Bertz CT molecular complexity index is 848. The van der Waals surface area contributed by atoms with Crippen LogP contribution in [0.3, 0.4) is 0 Å². The lowest BCUT2D eigenvalue weighted by Gasteiger charge is -2.14. The summed E-state index contributed by atoms with van der Waals surface area (Å²) in [6.45, 7) is 1.68. The van der Waals surface area contributed by atoms with Gasteiger partial charge in [-0.3, -0.25) is 4.40 Å². The molecule has 1 unspecified atom stereocenters. The lowest BCUT2D eigenvalue weighted by atomic mass is 10.1. The second kappa shape index (κ2) is 6.76. The number of hydrogen-bond donors (Lipinski definition) is 1. The van der Waals surface area contributed by atoms with E-state index in [1.54, 1.807) is 0 Å². The zero-order valence-corrected chi connectivity index (χ0v) is 14.8. The van der Waals surface area contributed by atoms with Crippen molar-refractivity contribution in [2.45, 2.75) is 18.9 Å². The Morgan fingerprint density at radius 3 is 2.76 bits per heavy atom. The maximum atomic E-state index is 5.75. The summed E-state index contributed by atoms with van der Waals surface area (Å²) in [6, 6.07) is 14.6. The number of rotatable bonds is 5. The first-order valence-corrected chi connectivity index (χ1v) is 8.83. The standard InChI is InChI=1S/C20H24N4O/c1-23(2)16-10-8-15(9-11-16)19-20(21-14-17-6-5-13-25-17)24-12-4-3-7-18(24)22-19/h3-4,7-12,17,21H,5-6,13-14H2,1-2H3. The van der Waals surface area contributed by atoms with E-state index in [4.69, 9.17) is 9.72 Å². The fourth-order valence-electron chi connectivity index (χ4n) is 3.30. The molecular weight excluding hydrogens is 312 g/mol. The van der Waals surface area contributed by atoms with E-state index in [0.717, 1.165) is 48.7 Å². The Morgan fingerprint density at radius 2 is 2.04 bits per heavy atom. The van der Waals surface area contributed by atoms with Crippen LogP contribution in [0, 0.1) is 0 Å². The molecule has 1 aliphatic rings. The van der Waals surface area contributed by atoms with Crippen molar-refractivity contribution in [2.75, 3.05) is 37.5 Å². The highest BCUT2D eigenvalue weighted by Crippen LogP contribution is 2.30. The summed E-state index contributed by atoms with van der Waals surface area (Å²) in [5.41, 5.74) is 4.23. The number of pyridine rings is 1. The Kier molecular flexibility index (Phi) is 4.32. The summed E-state index contributed by atoms with van der Waals surface area (Å²) in [5.74, 6) is 1.03. The van der Waals surface area contributed by atoms with Crippen LogP contribution in [0.1, 0.15) is 12.8 Å². The van der Waals surface area contributed by atoms with Gasteiger partial charge in [-0.25, -0.2) is 4.98 Å². The molecule has 4 rings (SSSR count). The molecule has 25 heavy (non-hydrogen) atoms. The van der Waals surface area contributed by atoms with E-state index in [1.165, 1.54) is 5.69 Å². The third kappa shape index (κ3) is 3.20. The minimum atomic E-state index is 0.290. The molecule has 0 amide bonds. The zero-order chi connectivity index (χ0) is 17.2. The molecule has 0 spiro atoms. The topological polar surface area (TPSA) is 41.8 Å². The van der Waals surface area contributed by atoms with Gasteiger partial charge in [-0.15, -0.1) is 0 Å². The van der Waals surface area contributed by atoms with Crippen molar-refractivity contribution < 1.29 is 4.74 Å². The number of benzene rings is 1. The summed E-state index contributed by atoms with van der Waals surface area (Å²) in [7, 11) is 4.10. The van der Waals surface area contributed by atoms with E-state index in [2.05, 4.69) is 59.2 Å². The number of hydrogen-bond acceptors (Lipinski definition) is 4. The molecule has 1 saturated heterocycles. The molecule has 1 aliphatic heterocycles. The van der Waals surface area contributed by atoms with Gasteiger partial charge in [0, 0.05) is 44.7 Å². The Hall–Kier alpha value is -2.53. The van der Waals surface area contributed by atoms with E-state index in [1.807, 2.05) is 18.2 Å². The largest absolute Gasteiger partial charge is 0.378 e. The predicted octanol–water partition coefficient (Wildman–Crippen LogP) is 3.66. The molecular formula is C20H24N4O. The van der Waals surface area contributed by atoms with Crippen molar-refractivity contribution in [2.24, 2.45) is 0 Å². The third-order valence-corrected chi connectivity index (χ3v) is 4.71. The first-order chi connectivity index (χ1) is 12.2. The highest BCUT2D eigenvalue weighted by molar-refractivity contribution is 5.77. The molecule has 130 valence electrons. The molecule has 1 aromatic carbocycles. The Morgan fingerprint density at radius 1 is 1.20 bits per heavy atom. The van der Waals surface area contributed by atoms with Crippen LogP contribution in [-0.4, -0.2) is 42.7 Å². The normalized spacial score (nSPS) is 17.1. The van der Waals surface area contributed by atoms with Crippen molar-refractivity contribution in [1.82, 2.24) is 9.38 Å². The molecule has 0 bridgehead atoms. The van der Waals surface area contributed by atoms with Crippen molar-refractivity contribution in [3.63, 3.8) is 0 Å². The van der Waals surface area contributed by atoms with Crippen molar-refractivity contribution in [1.29, 1.82) is 0 Å². The summed E-state index contributed by atoms with van der Waals surface area (Å²) in [6.07, 6.45) is 4.62. The molecule has 1 atom stereocenters. The molecule has 0 aliphatic carbocycles. The monoisotopic (exact) mass is 336 g/mol. The number of fused-ring (bicyclic) bond motifs is 1. The first kappa shape index (κ1) is 16.0. The van der Waals surface area contributed by atoms with Crippen LogP contribution in [0.25, 0.3) is 16.9 Å². The minimum Gasteiger partial charge on any atom is -0.378 e. The maximum absolute atomic E-state index is 5.75. The number of aromatic nitrogens is 2. The Labute approximate surface area is 148 Å². The van der Waals surface area contributed by atoms with E-state index in [-0.39, 0.29) is 0 Å². The van der Waals surface area contributed by atoms with E-state index < -0.39 is 0 Å². The van der Waals surface area contributed by atoms with Crippen molar-refractivity contribution >= 4 is 17.2 Å². The van der Waals surface area contributed by atoms with Gasteiger partial charge >= 0.3 is 0 Å². The summed E-state index contributed by atoms with van der Waals surface area (Å²) < 4.78 is 7.87. The molecule has 1 fully saturated rings. The molecule has 0 radical (unpaired) electrons. The lowest BCUT2D eigenvalue weighted by Crippen LogP contribution is -2.19. The van der Waals surface area contributed by atoms with Crippen LogP contribution >= 0.6 is 0 Å². The van der Waals surface area contributed by atoms with Crippen LogP contribution in [0.2, 0.25) is 0 Å². The van der Waals surface area contributed by atoms with Gasteiger partial charge in [0.05, 0.1) is 6.10 Å². The summed E-state index contributed by atoms with van der Waals surface area (Å²) in [4.78, 5) is 6.95. The third-order valence-electron chi connectivity index (χ3n) is 4.71. The number of nitrogens with zero attached hydrogens (tertiary/aromatic N) is 3. The molecule has 5 heteroatoms. The SMILES string of the molecule is CN(C)c1ccc(-c2nc3ccccn3c2NCC2CCCO2)cc1. The van der Waals surface area contributed by atoms with Gasteiger partial charge < -0.3 is 15.0 Å². The number of anilines is 2. The van der Waals surface area contributed by atoms with Crippen molar-refractivity contribution in [3.05, 3.63) is 48.7 Å². The quantitative estimate of drug-likeness (QED) is 0.772. The molecule has 3 aromatic rings. The smallest absolute Gasteiger partial charge is 0.139 e. The number of nitrogens with one attached hydrogen (secondary N) is 1. The second-order valence-electron chi connectivity index (χ2n) is 6.70. The van der Waals surface area contributed by atoms with Gasteiger partial charge in [-0.05, 0) is 37.1 Å². The van der Waals surface area contributed by atoms with Gasteiger partial charge in [-0.2, -0.15) is 0 Å². The molecule has 0 saturated carbocycles.